The molecule has 0 aromatic heterocycles. The molecule has 1 rings (SSSR count). The van der Waals surface area contributed by atoms with Crippen molar-refractivity contribution in [2.24, 2.45) is 5.92 Å². The fourth-order valence-corrected chi connectivity index (χ4v) is 3.06. The van der Waals surface area contributed by atoms with Gasteiger partial charge in [-0.3, -0.25) is 9.69 Å². The van der Waals surface area contributed by atoms with Crippen LogP contribution in [0.25, 0.3) is 0 Å². The van der Waals surface area contributed by atoms with Crippen LogP contribution >= 0.6 is 0 Å². The summed E-state index contributed by atoms with van der Waals surface area (Å²) in [4.78, 5) is 14.2. The third-order valence-electron chi connectivity index (χ3n) is 4.13. The van der Waals surface area contributed by atoms with Gasteiger partial charge in [0, 0.05) is 18.7 Å². The second kappa shape index (κ2) is 9.42. The predicted octanol–water partition coefficient (Wildman–Crippen LogP) is 2.82. The lowest BCUT2D eigenvalue weighted by atomic mass is 9.88. The molecule has 2 atom stereocenters. The first kappa shape index (κ1) is 18.4. The Morgan fingerprint density at radius 3 is 2.62 bits per heavy atom. The van der Waals surface area contributed by atoms with Crippen LogP contribution in [0.3, 0.4) is 0 Å². The summed E-state index contributed by atoms with van der Waals surface area (Å²) >= 11 is 0. The van der Waals surface area contributed by atoms with Gasteiger partial charge in [0.25, 0.3) is 0 Å². The summed E-state index contributed by atoms with van der Waals surface area (Å²) in [5, 5.41) is 2.98. The number of rotatable bonds is 8. The number of amides is 1. The Balaban J connectivity index is 2.22. The standard InChI is InChI=1S/C17H34N2O2/c1-13(2)18-17(20)12-19-9-8-16(11-15(19)5)7-6-10-21-14(3)4/h13-16H,6-12H2,1-5H3,(H,18,20)/t15-,16?/m1/s1. The molecule has 1 fully saturated rings. The molecule has 0 radical (unpaired) electrons. The van der Waals surface area contributed by atoms with Gasteiger partial charge in [-0.05, 0) is 72.8 Å². The number of ether oxygens (including phenoxy) is 1. The molecular weight excluding hydrogens is 264 g/mol. The van der Waals surface area contributed by atoms with Crippen molar-refractivity contribution in [1.82, 2.24) is 10.2 Å². The quantitative estimate of drug-likeness (QED) is 0.701. The van der Waals surface area contributed by atoms with Gasteiger partial charge in [-0.25, -0.2) is 0 Å². The summed E-state index contributed by atoms with van der Waals surface area (Å²) in [5.74, 6) is 0.945. The molecular formula is C17H34N2O2. The smallest absolute Gasteiger partial charge is 0.234 e. The summed E-state index contributed by atoms with van der Waals surface area (Å²) in [5.41, 5.74) is 0. The Labute approximate surface area is 130 Å². The summed E-state index contributed by atoms with van der Waals surface area (Å²) in [6.45, 7) is 12.9. The van der Waals surface area contributed by atoms with Crippen molar-refractivity contribution in [3.8, 4) is 0 Å². The molecule has 4 nitrogen and oxygen atoms in total. The lowest BCUT2D eigenvalue weighted by Crippen LogP contribution is -2.47. The Bertz CT molecular complexity index is 305. The average molecular weight is 298 g/mol. The van der Waals surface area contributed by atoms with Gasteiger partial charge < -0.3 is 10.1 Å². The molecule has 0 spiro atoms. The summed E-state index contributed by atoms with van der Waals surface area (Å²) in [6, 6.07) is 0.735. The molecule has 1 aliphatic heterocycles. The normalized spacial score (nSPS) is 23.8. The van der Waals surface area contributed by atoms with Crippen LogP contribution in [0.5, 0.6) is 0 Å². The minimum Gasteiger partial charge on any atom is -0.379 e. The van der Waals surface area contributed by atoms with Crippen LogP contribution in [-0.4, -0.2) is 48.7 Å². The van der Waals surface area contributed by atoms with Crippen LogP contribution in [0.15, 0.2) is 0 Å². The van der Waals surface area contributed by atoms with E-state index in [4.69, 9.17) is 4.74 Å². The van der Waals surface area contributed by atoms with Gasteiger partial charge in [0.05, 0.1) is 12.6 Å². The van der Waals surface area contributed by atoms with E-state index in [1.165, 1.54) is 19.3 Å². The first-order valence-electron chi connectivity index (χ1n) is 8.53. The number of piperidine rings is 1. The van der Waals surface area contributed by atoms with E-state index in [0.717, 1.165) is 25.5 Å². The highest BCUT2D eigenvalue weighted by Crippen LogP contribution is 2.26. The Hall–Kier alpha value is -0.610. The molecule has 1 heterocycles. The fourth-order valence-electron chi connectivity index (χ4n) is 3.06. The van der Waals surface area contributed by atoms with Gasteiger partial charge in [-0.2, -0.15) is 0 Å². The number of hydrogen-bond donors (Lipinski definition) is 1. The number of carbonyl (C=O) groups excluding carboxylic acids is 1. The largest absolute Gasteiger partial charge is 0.379 e. The molecule has 0 saturated carbocycles. The average Bonchev–Trinajstić information content (AvgIpc) is 2.36. The van der Waals surface area contributed by atoms with E-state index in [1.807, 2.05) is 13.8 Å². The highest BCUT2D eigenvalue weighted by atomic mass is 16.5. The molecule has 0 aromatic rings. The third-order valence-corrected chi connectivity index (χ3v) is 4.13. The molecule has 1 unspecified atom stereocenters. The molecule has 1 N–H and O–H groups in total. The van der Waals surface area contributed by atoms with Gasteiger partial charge >= 0.3 is 0 Å². The van der Waals surface area contributed by atoms with E-state index >= 15 is 0 Å². The molecule has 0 aromatic carbocycles. The van der Waals surface area contributed by atoms with Gasteiger partial charge in [0.15, 0.2) is 0 Å². The molecule has 0 bridgehead atoms. The van der Waals surface area contributed by atoms with E-state index in [-0.39, 0.29) is 11.9 Å². The minimum atomic E-state index is 0.153. The van der Waals surface area contributed by atoms with Gasteiger partial charge in [-0.1, -0.05) is 0 Å². The van der Waals surface area contributed by atoms with E-state index in [2.05, 4.69) is 31.0 Å². The predicted molar refractivity (Wildman–Crippen MR) is 87.4 cm³/mol. The van der Waals surface area contributed by atoms with Crippen LogP contribution in [0, 0.1) is 5.92 Å². The first-order valence-corrected chi connectivity index (χ1v) is 8.53. The first-order chi connectivity index (χ1) is 9.88. The van der Waals surface area contributed by atoms with E-state index in [9.17, 15) is 4.79 Å². The van der Waals surface area contributed by atoms with Crippen LogP contribution in [0.4, 0.5) is 0 Å². The highest BCUT2D eigenvalue weighted by molar-refractivity contribution is 5.78. The fraction of sp³-hybridized carbons (Fsp3) is 0.941. The van der Waals surface area contributed by atoms with E-state index in [1.54, 1.807) is 0 Å². The zero-order chi connectivity index (χ0) is 15.8. The zero-order valence-corrected chi connectivity index (χ0v) is 14.5. The molecule has 21 heavy (non-hydrogen) atoms. The number of hydrogen-bond acceptors (Lipinski definition) is 3. The summed E-state index contributed by atoms with van der Waals surface area (Å²) in [7, 11) is 0. The second-order valence-corrected chi connectivity index (χ2v) is 6.99. The molecule has 4 heteroatoms. The van der Waals surface area contributed by atoms with Gasteiger partial charge in [-0.15, -0.1) is 0 Å². The number of carbonyl (C=O) groups is 1. The van der Waals surface area contributed by atoms with Gasteiger partial charge in [0.2, 0.25) is 5.91 Å². The van der Waals surface area contributed by atoms with Crippen molar-refractivity contribution >= 4 is 5.91 Å². The summed E-state index contributed by atoms with van der Waals surface area (Å²) in [6.07, 6.45) is 5.16. The van der Waals surface area contributed by atoms with E-state index < -0.39 is 0 Å². The number of nitrogens with zero attached hydrogens (tertiary/aromatic N) is 1. The second-order valence-electron chi connectivity index (χ2n) is 6.99. The van der Waals surface area contributed by atoms with Crippen LogP contribution in [0.2, 0.25) is 0 Å². The van der Waals surface area contributed by atoms with Crippen molar-refractivity contribution < 1.29 is 9.53 Å². The van der Waals surface area contributed by atoms with Gasteiger partial charge in [0.1, 0.15) is 0 Å². The molecule has 0 aliphatic carbocycles. The maximum Gasteiger partial charge on any atom is 0.234 e. The van der Waals surface area contributed by atoms with Crippen LogP contribution < -0.4 is 5.32 Å². The number of nitrogens with one attached hydrogen (secondary N) is 1. The topological polar surface area (TPSA) is 41.6 Å². The van der Waals surface area contributed by atoms with Crippen LogP contribution in [0.1, 0.15) is 60.3 Å². The lowest BCUT2D eigenvalue weighted by Gasteiger charge is -2.37. The minimum absolute atomic E-state index is 0.153. The summed E-state index contributed by atoms with van der Waals surface area (Å²) < 4.78 is 5.61. The van der Waals surface area contributed by atoms with Crippen molar-refractivity contribution in [2.75, 3.05) is 19.7 Å². The van der Waals surface area contributed by atoms with Crippen molar-refractivity contribution in [3.05, 3.63) is 0 Å². The Kier molecular flexibility index (Phi) is 8.27. The molecule has 1 aliphatic rings. The SMILES string of the molecule is CC(C)NC(=O)CN1CCC(CCCOC(C)C)C[C@H]1C. The molecule has 1 saturated heterocycles. The van der Waals surface area contributed by atoms with E-state index in [0.29, 0.717) is 18.7 Å². The molecule has 1 amide bonds. The monoisotopic (exact) mass is 298 g/mol. The Morgan fingerprint density at radius 2 is 2.05 bits per heavy atom. The Morgan fingerprint density at radius 1 is 1.33 bits per heavy atom. The number of likely N-dealkylation sites (tertiary alicyclic amines) is 1. The van der Waals surface area contributed by atoms with Crippen LogP contribution in [-0.2, 0) is 9.53 Å². The van der Waals surface area contributed by atoms with Crippen molar-refractivity contribution in [3.63, 3.8) is 0 Å². The maximum atomic E-state index is 11.9. The zero-order valence-electron chi connectivity index (χ0n) is 14.5. The van der Waals surface area contributed by atoms with Crippen molar-refractivity contribution in [1.29, 1.82) is 0 Å². The third kappa shape index (κ3) is 7.82. The molecule has 124 valence electrons. The van der Waals surface area contributed by atoms with Crippen molar-refractivity contribution in [2.45, 2.75) is 78.5 Å². The maximum absolute atomic E-state index is 11.9. The lowest BCUT2D eigenvalue weighted by molar-refractivity contribution is -0.123. The highest BCUT2D eigenvalue weighted by Gasteiger charge is 2.26.